The lowest BCUT2D eigenvalue weighted by atomic mass is 10.1. The maximum Gasteiger partial charge on any atom is 0.322 e. The molecule has 1 fully saturated rings. The Kier molecular flexibility index (Phi) is 4.46. The monoisotopic (exact) mass is 343 g/mol. The molecule has 1 aromatic carbocycles. The van der Waals surface area contributed by atoms with Crippen LogP contribution in [0.3, 0.4) is 0 Å². The summed E-state index contributed by atoms with van der Waals surface area (Å²) in [5.41, 5.74) is 1.91. The van der Waals surface area contributed by atoms with Gasteiger partial charge in [0.05, 0.1) is 16.2 Å². The Balaban J connectivity index is 1.90. The number of rotatable bonds is 7. The first-order valence-electron chi connectivity index (χ1n) is 7.79. The molecule has 1 saturated carbocycles. The molecule has 0 amide bonds. The van der Waals surface area contributed by atoms with Crippen molar-refractivity contribution in [2.24, 2.45) is 0 Å². The predicted octanol–water partition coefficient (Wildman–Crippen LogP) is 2.81. The Morgan fingerprint density at radius 2 is 2.16 bits per heavy atom. The zero-order valence-electron chi connectivity index (χ0n) is 13.5. The van der Waals surface area contributed by atoms with Crippen molar-refractivity contribution < 1.29 is 14.8 Å². The predicted molar refractivity (Wildman–Crippen MR) is 91.2 cm³/mol. The maximum absolute atomic E-state index is 11.1. The van der Waals surface area contributed by atoms with Gasteiger partial charge in [0.2, 0.25) is 5.95 Å². The Bertz CT molecular complexity index is 835. The lowest BCUT2D eigenvalue weighted by Gasteiger charge is -2.12. The molecule has 0 bridgehead atoms. The number of hydrogen-bond donors (Lipinski definition) is 3. The third-order valence-corrected chi connectivity index (χ3v) is 3.90. The van der Waals surface area contributed by atoms with Crippen LogP contribution in [0.15, 0.2) is 24.3 Å². The molecule has 3 N–H and O–H groups in total. The van der Waals surface area contributed by atoms with E-state index in [0.717, 1.165) is 18.5 Å². The van der Waals surface area contributed by atoms with Gasteiger partial charge in [0, 0.05) is 23.7 Å². The van der Waals surface area contributed by atoms with Crippen LogP contribution in [0.25, 0.3) is 0 Å². The number of nitro benzene ring substituents is 1. The van der Waals surface area contributed by atoms with Gasteiger partial charge in [-0.05, 0) is 25.8 Å². The van der Waals surface area contributed by atoms with Crippen molar-refractivity contribution in [2.75, 3.05) is 17.2 Å². The topological polar surface area (TPSA) is 130 Å². The van der Waals surface area contributed by atoms with E-state index in [0.29, 0.717) is 23.0 Å². The summed E-state index contributed by atoms with van der Waals surface area (Å²) in [6.07, 6.45) is 2.06. The van der Waals surface area contributed by atoms with Crippen molar-refractivity contribution in [3.63, 3.8) is 0 Å². The van der Waals surface area contributed by atoms with Crippen LogP contribution >= 0.6 is 0 Å². The van der Waals surface area contributed by atoms with Gasteiger partial charge in [0.15, 0.2) is 0 Å². The number of carboxylic acids is 1. The lowest BCUT2D eigenvalue weighted by Crippen LogP contribution is -2.15. The molecule has 9 heteroatoms. The molecule has 1 aliphatic carbocycles. The molecule has 130 valence electrons. The molecule has 0 aliphatic heterocycles. The average molecular weight is 343 g/mol. The second kappa shape index (κ2) is 6.71. The van der Waals surface area contributed by atoms with Crippen molar-refractivity contribution >= 4 is 29.1 Å². The minimum Gasteiger partial charge on any atom is -0.480 e. The average Bonchev–Trinajstić information content (AvgIpc) is 3.39. The SMILES string of the molecule is Cc1c(Nc2cc(C3CC3)nc(NCC(=O)O)n2)cccc1[N+](=O)[O-]. The van der Waals surface area contributed by atoms with E-state index < -0.39 is 10.9 Å². The molecule has 0 radical (unpaired) electrons. The van der Waals surface area contributed by atoms with E-state index in [2.05, 4.69) is 20.6 Å². The van der Waals surface area contributed by atoms with Crippen molar-refractivity contribution in [2.45, 2.75) is 25.7 Å². The van der Waals surface area contributed by atoms with Gasteiger partial charge in [-0.15, -0.1) is 0 Å². The van der Waals surface area contributed by atoms with Crippen LogP contribution in [0.2, 0.25) is 0 Å². The zero-order valence-corrected chi connectivity index (χ0v) is 13.5. The van der Waals surface area contributed by atoms with E-state index in [1.54, 1.807) is 25.1 Å². The fourth-order valence-electron chi connectivity index (χ4n) is 2.45. The quantitative estimate of drug-likeness (QED) is 0.517. The lowest BCUT2D eigenvalue weighted by molar-refractivity contribution is -0.385. The van der Waals surface area contributed by atoms with Crippen molar-refractivity contribution in [1.29, 1.82) is 0 Å². The van der Waals surface area contributed by atoms with Gasteiger partial charge >= 0.3 is 5.97 Å². The molecule has 2 aromatic rings. The van der Waals surface area contributed by atoms with E-state index in [4.69, 9.17) is 5.11 Å². The number of nitrogens with one attached hydrogen (secondary N) is 2. The summed E-state index contributed by atoms with van der Waals surface area (Å²) in [6.45, 7) is 1.37. The van der Waals surface area contributed by atoms with Crippen molar-refractivity contribution in [3.05, 3.63) is 45.6 Å². The summed E-state index contributed by atoms with van der Waals surface area (Å²) in [6, 6.07) is 6.56. The molecule has 3 rings (SSSR count). The largest absolute Gasteiger partial charge is 0.480 e. The first kappa shape index (κ1) is 16.6. The highest BCUT2D eigenvalue weighted by atomic mass is 16.6. The fraction of sp³-hybridized carbons (Fsp3) is 0.312. The summed E-state index contributed by atoms with van der Waals surface area (Å²) in [4.78, 5) is 30.0. The van der Waals surface area contributed by atoms with E-state index in [1.807, 2.05) is 0 Å². The van der Waals surface area contributed by atoms with Gasteiger partial charge in [0.25, 0.3) is 5.69 Å². The summed E-state index contributed by atoms with van der Waals surface area (Å²) in [7, 11) is 0. The Morgan fingerprint density at radius 1 is 1.40 bits per heavy atom. The maximum atomic E-state index is 11.1. The number of carbonyl (C=O) groups is 1. The summed E-state index contributed by atoms with van der Waals surface area (Å²) in [5, 5.41) is 25.6. The number of hydrogen-bond acceptors (Lipinski definition) is 7. The van der Waals surface area contributed by atoms with Crippen molar-refractivity contribution in [3.8, 4) is 0 Å². The molecule has 1 aliphatic rings. The number of nitro groups is 1. The van der Waals surface area contributed by atoms with Crippen LogP contribution in [0.4, 0.5) is 23.1 Å². The molecule has 0 unspecified atom stereocenters. The van der Waals surface area contributed by atoms with Gasteiger partial charge in [-0.2, -0.15) is 4.98 Å². The third kappa shape index (κ3) is 4.00. The van der Waals surface area contributed by atoms with Gasteiger partial charge in [-0.1, -0.05) is 6.07 Å². The molecule has 0 atom stereocenters. The van der Waals surface area contributed by atoms with E-state index in [9.17, 15) is 14.9 Å². The minimum atomic E-state index is -1.01. The second-order valence-corrected chi connectivity index (χ2v) is 5.86. The first-order chi connectivity index (χ1) is 11.9. The highest BCUT2D eigenvalue weighted by Gasteiger charge is 2.26. The highest BCUT2D eigenvalue weighted by molar-refractivity contribution is 5.72. The molecule has 1 heterocycles. The first-order valence-corrected chi connectivity index (χ1v) is 7.79. The second-order valence-electron chi connectivity index (χ2n) is 5.86. The molecular formula is C16H17N5O4. The molecule has 0 spiro atoms. The van der Waals surface area contributed by atoms with Gasteiger partial charge in [0.1, 0.15) is 12.4 Å². The number of benzene rings is 1. The summed E-state index contributed by atoms with van der Waals surface area (Å²) < 4.78 is 0. The molecule has 0 saturated heterocycles. The number of carboxylic acid groups (broad SMARTS) is 1. The van der Waals surface area contributed by atoms with Crippen LogP contribution in [0.5, 0.6) is 0 Å². The zero-order chi connectivity index (χ0) is 18.0. The molecule has 1 aromatic heterocycles. The Hall–Kier alpha value is -3.23. The highest BCUT2D eigenvalue weighted by Crippen LogP contribution is 2.40. The van der Waals surface area contributed by atoms with E-state index >= 15 is 0 Å². The van der Waals surface area contributed by atoms with Crippen LogP contribution in [0, 0.1) is 17.0 Å². The molecule has 9 nitrogen and oxygen atoms in total. The smallest absolute Gasteiger partial charge is 0.322 e. The fourth-order valence-corrected chi connectivity index (χ4v) is 2.45. The van der Waals surface area contributed by atoms with Crippen LogP contribution in [-0.4, -0.2) is 32.5 Å². The van der Waals surface area contributed by atoms with E-state index in [1.165, 1.54) is 6.07 Å². The summed E-state index contributed by atoms with van der Waals surface area (Å²) in [5.74, 6) is 0.0235. The number of anilines is 3. The minimum absolute atomic E-state index is 0.0192. The van der Waals surface area contributed by atoms with Crippen molar-refractivity contribution in [1.82, 2.24) is 9.97 Å². The third-order valence-electron chi connectivity index (χ3n) is 3.90. The van der Waals surface area contributed by atoms with Gasteiger partial charge < -0.3 is 15.7 Å². The Labute approximate surface area is 143 Å². The molecular weight excluding hydrogens is 326 g/mol. The summed E-state index contributed by atoms with van der Waals surface area (Å²) >= 11 is 0. The van der Waals surface area contributed by atoms with E-state index in [-0.39, 0.29) is 18.2 Å². The van der Waals surface area contributed by atoms with Crippen LogP contribution in [-0.2, 0) is 4.79 Å². The number of aliphatic carboxylic acids is 1. The Morgan fingerprint density at radius 3 is 2.80 bits per heavy atom. The van der Waals surface area contributed by atoms with Crippen LogP contribution in [0.1, 0.15) is 30.0 Å². The number of aromatic nitrogens is 2. The van der Waals surface area contributed by atoms with Crippen LogP contribution < -0.4 is 10.6 Å². The van der Waals surface area contributed by atoms with Gasteiger partial charge in [-0.3, -0.25) is 14.9 Å². The van der Waals surface area contributed by atoms with Gasteiger partial charge in [-0.25, -0.2) is 4.98 Å². The molecule has 25 heavy (non-hydrogen) atoms. The number of nitrogens with zero attached hydrogens (tertiary/aromatic N) is 3. The normalized spacial score (nSPS) is 13.3. The standard InChI is InChI=1S/C16H17N5O4/c1-9-11(3-2-4-13(9)21(24)25)18-14-7-12(10-5-6-10)19-16(20-14)17-8-15(22)23/h2-4,7,10H,5-6,8H2,1H3,(H,22,23)(H2,17,18,19,20).